The average Bonchev–Trinajstić information content (AvgIpc) is 2.94. The predicted octanol–water partition coefficient (Wildman–Crippen LogP) is 4.34. The maximum Gasteiger partial charge on any atom is 0.326 e. The van der Waals surface area contributed by atoms with Crippen molar-refractivity contribution in [2.24, 2.45) is 0 Å². The molecule has 1 aromatic heterocycles. The highest BCUT2D eigenvalue weighted by Crippen LogP contribution is 2.35. The number of alkyl halides is 2. The van der Waals surface area contributed by atoms with Crippen LogP contribution in [0.25, 0.3) is 11.1 Å². The molecule has 3 rings (SSSR count). The highest BCUT2D eigenvalue weighted by atomic mass is 19.3. The van der Waals surface area contributed by atoms with Crippen molar-refractivity contribution in [1.82, 2.24) is 4.98 Å². The van der Waals surface area contributed by atoms with E-state index in [0.29, 0.717) is 22.2 Å². The van der Waals surface area contributed by atoms with Crippen LogP contribution in [-0.2, 0) is 12.3 Å². The van der Waals surface area contributed by atoms with E-state index in [1.807, 2.05) is 6.07 Å². The van der Waals surface area contributed by atoms with Gasteiger partial charge in [0.2, 0.25) is 0 Å². The Morgan fingerprint density at radius 2 is 1.95 bits per heavy atom. The molecule has 0 N–H and O–H groups in total. The van der Waals surface area contributed by atoms with Crippen molar-refractivity contribution in [3.05, 3.63) is 65.0 Å². The molecule has 1 heterocycles. The predicted molar refractivity (Wildman–Crippen MR) is 77.5 cm³/mol. The minimum absolute atomic E-state index is 0.246. The number of para-hydroxylation sites is 2. The number of rotatable bonds is 3. The fraction of sp³-hybridized carbons (Fsp3) is 0.176. The second-order valence-electron chi connectivity index (χ2n) is 5.08. The lowest BCUT2D eigenvalue weighted by Gasteiger charge is -2.15. The van der Waals surface area contributed by atoms with Crippen molar-refractivity contribution in [2.45, 2.75) is 19.3 Å². The van der Waals surface area contributed by atoms with Crippen LogP contribution < -0.4 is 0 Å². The number of nitrogens with zero attached hydrogens (tertiary/aromatic N) is 2. The van der Waals surface area contributed by atoms with Crippen LogP contribution in [0.2, 0.25) is 0 Å². The van der Waals surface area contributed by atoms with Crippen molar-refractivity contribution < 1.29 is 13.2 Å². The summed E-state index contributed by atoms with van der Waals surface area (Å²) in [6.07, 6.45) is -0.616. The zero-order chi connectivity index (χ0) is 15.7. The van der Waals surface area contributed by atoms with E-state index < -0.39 is 18.2 Å². The van der Waals surface area contributed by atoms with Gasteiger partial charge in [-0.2, -0.15) is 14.0 Å². The van der Waals surface area contributed by atoms with Crippen LogP contribution in [0.3, 0.4) is 0 Å². The molecule has 2 aromatic carbocycles. The number of aryl methyl sites for hydroxylation is 1. The summed E-state index contributed by atoms with van der Waals surface area (Å²) in [7, 11) is 0. The topological polar surface area (TPSA) is 49.8 Å². The maximum atomic E-state index is 14.5. The van der Waals surface area contributed by atoms with Crippen molar-refractivity contribution in [1.29, 1.82) is 5.26 Å². The van der Waals surface area contributed by atoms with E-state index in [0.717, 1.165) is 0 Å². The van der Waals surface area contributed by atoms with Gasteiger partial charge in [0.15, 0.2) is 5.58 Å². The van der Waals surface area contributed by atoms with Gasteiger partial charge in [-0.1, -0.05) is 24.3 Å². The summed E-state index contributed by atoms with van der Waals surface area (Å²) in [6, 6.07) is 13.5. The highest BCUT2D eigenvalue weighted by molar-refractivity contribution is 5.72. The summed E-state index contributed by atoms with van der Waals surface area (Å²) in [6.45, 7) is 1.71. The number of halogens is 2. The van der Waals surface area contributed by atoms with Gasteiger partial charge in [0.1, 0.15) is 5.52 Å². The van der Waals surface area contributed by atoms with Crippen LogP contribution in [0.15, 0.2) is 46.9 Å². The molecule has 0 amide bonds. The van der Waals surface area contributed by atoms with Crippen molar-refractivity contribution in [3.63, 3.8) is 0 Å². The lowest BCUT2D eigenvalue weighted by atomic mass is 9.97. The van der Waals surface area contributed by atoms with E-state index >= 15 is 0 Å². The fourth-order valence-corrected chi connectivity index (χ4v) is 2.37. The van der Waals surface area contributed by atoms with Crippen LogP contribution in [0.4, 0.5) is 8.78 Å². The Kier molecular flexibility index (Phi) is 3.38. The minimum Gasteiger partial charge on any atom is -0.435 e. The Balaban J connectivity index is 2.02. The Labute approximate surface area is 125 Å². The summed E-state index contributed by atoms with van der Waals surface area (Å²) in [5.41, 5.74) is 1.92. The number of fused-ring (bicyclic) bond motifs is 1. The Morgan fingerprint density at radius 1 is 1.18 bits per heavy atom. The number of oxazole rings is 1. The van der Waals surface area contributed by atoms with Gasteiger partial charge in [-0.25, -0.2) is 4.98 Å². The standard InChI is InChI=1S/C17H12F2N2O/c1-11-5-4-6-12(10-20)13(11)9-17(18,19)16-21-14-7-2-3-8-15(14)22-16/h2-8H,9H2,1H3. The van der Waals surface area contributed by atoms with Crippen LogP contribution in [-0.4, -0.2) is 4.98 Å². The van der Waals surface area contributed by atoms with E-state index in [4.69, 9.17) is 9.68 Å². The molecule has 0 atom stereocenters. The van der Waals surface area contributed by atoms with E-state index in [2.05, 4.69) is 4.98 Å². The summed E-state index contributed by atoms with van der Waals surface area (Å²) >= 11 is 0. The second-order valence-corrected chi connectivity index (χ2v) is 5.08. The molecule has 0 aliphatic carbocycles. The molecule has 0 spiro atoms. The first-order valence-corrected chi connectivity index (χ1v) is 6.74. The van der Waals surface area contributed by atoms with Crippen LogP contribution in [0.5, 0.6) is 0 Å². The third kappa shape index (κ3) is 2.44. The van der Waals surface area contributed by atoms with Crippen LogP contribution in [0, 0.1) is 18.3 Å². The van der Waals surface area contributed by atoms with E-state index in [9.17, 15) is 8.78 Å². The van der Waals surface area contributed by atoms with E-state index in [1.54, 1.807) is 43.3 Å². The molecule has 0 bridgehead atoms. The SMILES string of the molecule is Cc1cccc(C#N)c1CC(F)(F)c1nc2ccccc2o1. The normalized spacial score (nSPS) is 11.5. The van der Waals surface area contributed by atoms with Gasteiger partial charge in [-0.15, -0.1) is 0 Å². The zero-order valence-corrected chi connectivity index (χ0v) is 11.8. The van der Waals surface area contributed by atoms with Crippen molar-refractivity contribution in [2.75, 3.05) is 0 Å². The lowest BCUT2D eigenvalue weighted by molar-refractivity contribution is -0.0294. The molecule has 0 unspecified atom stereocenters. The number of aromatic nitrogens is 1. The lowest BCUT2D eigenvalue weighted by Crippen LogP contribution is -2.19. The third-order valence-corrected chi connectivity index (χ3v) is 3.54. The number of hydrogen-bond acceptors (Lipinski definition) is 3. The largest absolute Gasteiger partial charge is 0.435 e. The van der Waals surface area contributed by atoms with Gasteiger partial charge >= 0.3 is 5.92 Å². The van der Waals surface area contributed by atoms with Gasteiger partial charge in [0, 0.05) is 6.42 Å². The Bertz CT molecular complexity index is 845. The van der Waals surface area contributed by atoms with Crippen molar-refractivity contribution >= 4 is 11.1 Å². The minimum atomic E-state index is -3.28. The maximum absolute atomic E-state index is 14.5. The summed E-state index contributed by atoms with van der Waals surface area (Å²) in [5, 5.41) is 9.09. The molecular formula is C17H12F2N2O. The Hall–Kier alpha value is -2.74. The first kappa shape index (κ1) is 14.2. The summed E-state index contributed by atoms with van der Waals surface area (Å²) in [5.74, 6) is -3.91. The molecule has 110 valence electrons. The molecule has 0 aliphatic heterocycles. The van der Waals surface area contributed by atoms with Gasteiger partial charge in [-0.05, 0) is 36.2 Å². The highest BCUT2D eigenvalue weighted by Gasteiger charge is 2.39. The van der Waals surface area contributed by atoms with Crippen LogP contribution >= 0.6 is 0 Å². The monoisotopic (exact) mass is 298 g/mol. The molecule has 3 aromatic rings. The van der Waals surface area contributed by atoms with Crippen LogP contribution in [0.1, 0.15) is 22.6 Å². The molecular weight excluding hydrogens is 286 g/mol. The number of hydrogen-bond donors (Lipinski definition) is 0. The van der Waals surface area contributed by atoms with E-state index in [1.165, 1.54) is 6.07 Å². The van der Waals surface area contributed by atoms with E-state index in [-0.39, 0.29) is 5.56 Å². The Morgan fingerprint density at radius 3 is 2.68 bits per heavy atom. The number of nitriles is 1. The molecule has 3 nitrogen and oxygen atoms in total. The second kappa shape index (κ2) is 5.23. The molecule has 0 aliphatic rings. The molecule has 0 fully saturated rings. The first-order chi connectivity index (χ1) is 10.5. The van der Waals surface area contributed by atoms with Gasteiger partial charge in [-0.3, -0.25) is 0 Å². The molecule has 0 saturated heterocycles. The smallest absolute Gasteiger partial charge is 0.326 e. The summed E-state index contributed by atoms with van der Waals surface area (Å²) in [4.78, 5) is 3.87. The average molecular weight is 298 g/mol. The fourth-order valence-electron chi connectivity index (χ4n) is 2.37. The quantitative estimate of drug-likeness (QED) is 0.722. The molecule has 22 heavy (non-hydrogen) atoms. The third-order valence-electron chi connectivity index (χ3n) is 3.54. The first-order valence-electron chi connectivity index (χ1n) is 6.74. The summed E-state index contributed by atoms with van der Waals surface area (Å²) < 4.78 is 34.2. The van der Waals surface area contributed by atoms with Gasteiger partial charge in [0.25, 0.3) is 5.89 Å². The number of benzene rings is 2. The van der Waals surface area contributed by atoms with Crippen molar-refractivity contribution in [3.8, 4) is 6.07 Å². The van der Waals surface area contributed by atoms with Gasteiger partial charge < -0.3 is 4.42 Å². The molecule has 0 saturated carbocycles. The molecule has 0 radical (unpaired) electrons. The van der Waals surface area contributed by atoms with Gasteiger partial charge in [0.05, 0.1) is 11.6 Å². The zero-order valence-electron chi connectivity index (χ0n) is 11.8. The molecule has 5 heteroatoms.